The van der Waals surface area contributed by atoms with Crippen molar-refractivity contribution in [1.82, 2.24) is 4.31 Å². The minimum Gasteiger partial charge on any atom is -0.481 e. The number of carboxylic acid groups (broad SMARTS) is 1. The number of benzene rings is 1. The van der Waals surface area contributed by atoms with Gasteiger partial charge in [0.15, 0.2) is 0 Å². The number of carboxylic acids is 1. The van der Waals surface area contributed by atoms with Crippen molar-refractivity contribution in [3.05, 3.63) is 32.8 Å². The minimum absolute atomic E-state index is 0.0825. The fourth-order valence-corrected chi connectivity index (χ4v) is 4.86. The van der Waals surface area contributed by atoms with E-state index in [4.69, 9.17) is 5.11 Å². The molecule has 0 aliphatic carbocycles. The monoisotopic (exact) mass is 392 g/mol. The lowest BCUT2D eigenvalue weighted by Gasteiger charge is -2.30. The highest BCUT2D eigenvalue weighted by Gasteiger charge is 2.34. The van der Waals surface area contributed by atoms with E-state index in [-0.39, 0.29) is 28.1 Å². The van der Waals surface area contributed by atoms with Crippen LogP contribution in [0.2, 0.25) is 0 Å². The Morgan fingerprint density at radius 3 is 2.68 bits per heavy atom. The van der Waals surface area contributed by atoms with Gasteiger partial charge in [-0.3, -0.25) is 14.9 Å². The van der Waals surface area contributed by atoms with Crippen LogP contribution in [0.3, 0.4) is 0 Å². The molecule has 0 spiro atoms. The van der Waals surface area contributed by atoms with Crippen LogP contribution in [0.15, 0.2) is 27.6 Å². The average molecular weight is 393 g/mol. The van der Waals surface area contributed by atoms with Crippen LogP contribution in [0.1, 0.15) is 12.8 Å². The van der Waals surface area contributed by atoms with E-state index in [2.05, 4.69) is 15.9 Å². The molecule has 0 bridgehead atoms. The summed E-state index contributed by atoms with van der Waals surface area (Å²) >= 11 is 3.04. The first-order valence-corrected chi connectivity index (χ1v) is 8.63. The highest BCUT2D eigenvalue weighted by molar-refractivity contribution is 9.10. The van der Waals surface area contributed by atoms with E-state index >= 15 is 0 Å². The number of non-ortho nitro benzene ring substituents is 1. The number of nitrogens with zero attached hydrogens (tertiary/aromatic N) is 2. The molecule has 1 aliphatic heterocycles. The number of carbonyl (C=O) groups is 1. The Morgan fingerprint density at radius 2 is 2.14 bits per heavy atom. The third-order valence-electron chi connectivity index (χ3n) is 3.48. The van der Waals surface area contributed by atoms with Crippen LogP contribution < -0.4 is 0 Å². The normalized spacial score (nSPS) is 19.8. The number of hydrogen-bond acceptors (Lipinski definition) is 5. The van der Waals surface area contributed by atoms with Gasteiger partial charge in [-0.1, -0.05) is 0 Å². The SMILES string of the molecule is O=C(O)C1CCCN(S(=O)(=O)c2ccc([N+](=O)[O-])cc2Br)C1. The predicted octanol–water partition coefficient (Wildman–Crippen LogP) is 1.84. The van der Waals surface area contributed by atoms with Crippen LogP contribution in [-0.2, 0) is 14.8 Å². The average Bonchev–Trinajstić information content (AvgIpc) is 2.46. The Labute approximate surface area is 135 Å². The number of nitro benzene ring substituents is 1. The molecule has 1 aliphatic rings. The van der Waals surface area contributed by atoms with Gasteiger partial charge in [0.2, 0.25) is 10.0 Å². The van der Waals surface area contributed by atoms with E-state index in [1.807, 2.05) is 0 Å². The molecular weight excluding hydrogens is 380 g/mol. The van der Waals surface area contributed by atoms with E-state index in [1.165, 1.54) is 0 Å². The molecular formula is C12H13BrN2O6S. The molecule has 22 heavy (non-hydrogen) atoms. The van der Waals surface area contributed by atoms with Crippen LogP contribution in [0.4, 0.5) is 5.69 Å². The lowest BCUT2D eigenvalue weighted by molar-refractivity contribution is -0.385. The summed E-state index contributed by atoms with van der Waals surface area (Å²) in [6, 6.07) is 3.38. The zero-order chi connectivity index (χ0) is 16.5. The second-order valence-electron chi connectivity index (χ2n) is 4.91. The van der Waals surface area contributed by atoms with Crippen molar-refractivity contribution in [1.29, 1.82) is 0 Å². The second-order valence-corrected chi connectivity index (χ2v) is 7.67. The summed E-state index contributed by atoms with van der Waals surface area (Å²) in [5.41, 5.74) is -0.229. The molecule has 1 aromatic rings. The van der Waals surface area contributed by atoms with Crippen LogP contribution in [-0.4, -0.2) is 41.8 Å². The molecule has 1 saturated heterocycles. The van der Waals surface area contributed by atoms with Crippen LogP contribution >= 0.6 is 15.9 Å². The number of piperidine rings is 1. The number of sulfonamides is 1. The van der Waals surface area contributed by atoms with Gasteiger partial charge in [0.05, 0.1) is 15.7 Å². The summed E-state index contributed by atoms with van der Waals surface area (Å²) < 4.78 is 26.4. The van der Waals surface area contributed by atoms with Crippen molar-refractivity contribution in [2.75, 3.05) is 13.1 Å². The molecule has 1 aromatic carbocycles. The molecule has 2 rings (SSSR count). The first kappa shape index (κ1) is 16.8. The van der Waals surface area contributed by atoms with Crippen molar-refractivity contribution < 1.29 is 23.2 Å². The van der Waals surface area contributed by atoms with E-state index in [0.717, 1.165) is 22.5 Å². The summed E-state index contributed by atoms with van der Waals surface area (Å²) in [7, 11) is -3.90. The zero-order valence-corrected chi connectivity index (χ0v) is 13.7. The van der Waals surface area contributed by atoms with Gasteiger partial charge in [0.25, 0.3) is 5.69 Å². The van der Waals surface area contributed by atoms with Crippen molar-refractivity contribution in [3.8, 4) is 0 Å². The van der Waals surface area contributed by atoms with Crippen molar-refractivity contribution in [3.63, 3.8) is 0 Å². The smallest absolute Gasteiger partial charge is 0.307 e. The van der Waals surface area contributed by atoms with Crippen LogP contribution in [0.5, 0.6) is 0 Å². The molecule has 8 nitrogen and oxygen atoms in total. The molecule has 1 atom stereocenters. The van der Waals surface area contributed by atoms with E-state index in [1.54, 1.807) is 0 Å². The molecule has 0 saturated carbocycles. The Bertz CT molecular complexity index is 720. The maximum absolute atomic E-state index is 12.6. The van der Waals surface area contributed by atoms with E-state index in [9.17, 15) is 23.3 Å². The fourth-order valence-electron chi connectivity index (χ4n) is 2.31. The summed E-state index contributed by atoms with van der Waals surface area (Å²) in [6.45, 7) is 0.136. The molecule has 0 amide bonds. The van der Waals surface area contributed by atoms with Gasteiger partial charge in [0, 0.05) is 29.7 Å². The van der Waals surface area contributed by atoms with Crippen LogP contribution in [0, 0.1) is 16.0 Å². The molecule has 1 unspecified atom stereocenters. The van der Waals surface area contributed by atoms with Gasteiger partial charge in [-0.2, -0.15) is 4.31 Å². The first-order chi connectivity index (χ1) is 10.2. The van der Waals surface area contributed by atoms with Gasteiger partial charge in [0.1, 0.15) is 0 Å². The van der Waals surface area contributed by atoms with Gasteiger partial charge >= 0.3 is 5.97 Å². The minimum atomic E-state index is -3.90. The van der Waals surface area contributed by atoms with Crippen LogP contribution in [0.25, 0.3) is 0 Å². The second kappa shape index (κ2) is 6.31. The van der Waals surface area contributed by atoms with Gasteiger partial charge in [-0.25, -0.2) is 8.42 Å². The number of aliphatic carboxylic acids is 1. The lowest BCUT2D eigenvalue weighted by atomic mass is 10.0. The Hall–Kier alpha value is -1.52. The number of halogens is 1. The quantitative estimate of drug-likeness (QED) is 0.616. The number of nitro groups is 1. The van der Waals surface area contributed by atoms with Crippen molar-refractivity contribution in [2.24, 2.45) is 5.92 Å². The Balaban J connectivity index is 2.34. The maximum Gasteiger partial charge on any atom is 0.307 e. The largest absolute Gasteiger partial charge is 0.481 e. The standard InChI is InChI=1S/C12H13BrN2O6S/c13-10-6-9(15(18)19)3-4-11(10)22(20,21)14-5-1-2-8(7-14)12(16)17/h3-4,6,8H,1-2,5,7H2,(H,16,17). The molecule has 0 radical (unpaired) electrons. The summed E-state index contributed by atoms with van der Waals surface area (Å²) in [6.07, 6.45) is 0.892. The molecule has 0 aromatic heterocycles. The van der Waals surface area contributed by atoms with Gasteiger partial charge < -0.3 is 5.11 Å². The van der Waals surface area contributed by atoms with E-state index < -0.39 is 26.8 Å². The summed E-state index contributed by atoms with van der Waals surface area (Å²) in [5.74, 6) is -1.76. The molecule has 1 N–H and O–H groups in total. The predicted molar refractivity (Wildman–Crippen MR) is 79.9 cm³/mol. The zero-order valence-electron chi connectivity index (χ0n) is 11.3. The van der Waals surface area contributed by atoms with Gasteiger partial charge in [-0.15, -0.1) is 0 Å². The Kier molecular flexibility index (Phi) is 4.83. The molecule has 120 valence electrons. The third-order valence-corrected chi connectivity index (χ3v) is 6.32. The summed E-state index contributed by atoms with van der Waals surface area (Å²) in [5, 5.41) is 19.7. The van der Waals surface area contributed by atoms with Crippen molar-refractivity contribution in [2.45, 2.75) is 17.7 Å². The molecule has 10 heteroatoms. The number of rotatable bonds is 4. The summed E-state index contributed by atoms with van der Waals surface area (Å²) in [4.78, 5) is 21.0. The number of hydrogen-bond donors (Lipinski definition) is 1. The highest BCUT2D eigenvalue weighted by atomic mass is 79.9. The third kappa shape index (κ3) is 3.28. The van der Waals surface area contributed by atoms with Gasteiger partial charge in [-0.05, 0) is 34.8 Å². The van der Waals surface area contributed by atoms with E-state index in [0.29, 0.717) is 12.8 Å². The highest BCUT2D eigenvalue weighted by Crippen LogP contribution is 2.31. The molecule has 1 heterocycles. The Morgan fingerprint density at radius 1 is 1.45 bits per heavy atom. The molecule has 1 fully saturated rings. The topological polar surface area (TPSA) is 118 Å². The first-order valence-electron chi connectivity index (χ1n) is 6.40. The van der Waals surface area contributed by atoms with Crippen molar-refractivity contribution >= 4 is 37.6 Å². The lowest BCUT2D eigenvalue weighted by Crippen LogP contribution is -2.42. The fraction of sp³-hybridized carbons (Fsp3) is 0.417. The maximum atomic E-state index is 12.6.